The van der Waals surface area contributed by atoms with E-state index in [1.165, 1.54) is 30.6 Å². The first-order valence-corrected chi connectivity index (χ1v) is 13.1. The largest absolute Gasteiger partial charge is 0.508 e. The first-order valence-electron chi connectivity index (χ1n) is 13.1. The molecule has 3 N–H and O–H groups in total. The average molecular weight is 575 g/mol. The number of aromatic hydroxyl groups is 1. The Bertz CT molecular complexity index is 1650. The van der Waals surface area contributed by atoms with Crippen LogP contribution in [0.1, 0.15) is 56.0 Å². The highest BCUT2D eigenvalue weighted by molar-refractivity contribution is 6.04. The van der Waals surface area contributed by atoms with Gasteiger partial charge in [-0.1, -0.05) is 6.07 Å². The Morgan fingerprint density at radius 1 is 1.00 bits per heavy atom. The second kappa shape index (κ2) is 12.8. The number of benzene rings is 2. The molecule has 218 valence electrons. The van der Waals surface area contributed by atoms with Crippen LogP contribution in [0.4, 0.5) is 16.3 Å². The van der Waals surface area contributed by atoms with Gasteiger partial charge in [0.1, 0.15) is 17.6 Å². The number of anilines is 2. The summed E-state index contributed by atoms with van der Waals surface area (Å²) in [5, 5.41) is 19.6. The molecule has 0 bridgehead atoms. The maximum absolute atomic E-state index is 13.3. The van der Waals surface area contributed by atoms with Crippen molar-refractivity contribution in [1.82, 2.24) is 24.8 Å². The number of nitrogens with one attached hydrogen (secondary N) is 2. The van der Waals surface area contributed by atoms with E-state index in [0.717, 1.165) is 10.5 Å². The Labute approximate surface area is 241 Å². The molecule has 2 heterocycles. The van der Waals surface area contributed by atoms with E-state index in [0.29, 0.717) is 34.7 Å². The third-order valence-electron chi connectivity index (χ3n) is 6.40. The van der Waals surface area contributed by atoms with Gasteiger partial charge in [-0.3, -0.25) is 9.59 Å². The van der Waals surface area contributed by atoms with Gasteiger partial charge in [-0.2, -0.15) is 5.10 Å². The van der Waals surface area contributed by atoms with Crippen molar-refractivity contribution in [2.45, 2.75) is 27.7 Å². The van der Waals surface area contributed by atoms with Crippen molar-refractivity contribution in [1.29, 1.82) is 0 Å². The molecule has 0 saturated carbocycles. The van der Waals surface area contributed by atoms with Crippen molar-refractivity contribution in [2.24, 2.45) is 0 Å². The maximum Gasteiger partial charge on any atom is 0.419 e. The van der Waals surface area contributed by atoms with Crippen LogP contribution in [0.25, 0.3) is 5.52 Å². The number of carbonyl (C=O) groups is 4. The van der Waals surface area contributed by atoms with Crippen LogP contribution in [0.5, 0.6) is 5.75 Å². The lowest BCUT2D eigenvalue weighted by atomic mass is 10.1. The van der Waals surface area contributed by atoms with E-state index >= 15 is 0 Å². The number of nitrogens with zero attached hydrogens (tertiary/aromatic N) is 4. The van der Waals surface area contributed by atoms with E-state index < -0.39 is 24.8 Å². The zero-order chi connectivity index (χ0) is 30.4. The highest BCUT2D eigenvalue weighted by Gasteiger charge is 2.24. The zero-order valence-corrected chi connectivity index (χ0v) is 23.5. The monoisotopic (exact) mass is 574 g/mol. The number of rotatable bonds is 9. The minimum absolute atomic E-state index is 0.00129. The highest BCUT2D eigenvalue weighted by atomic mass is 16.7. The first-order chi connectivity index (χ1) is 20.1. The second-order valence-corrected chi connectivity index (χ2v) is 9.14. The third kappa shape index (κ3) is 6.30. The van der Waals surface area contributed by atoms with Crippen LogP contribution in [0.15, 0.2) is 55.0 Å². The molecule has 0 fully saturated rings. The van der Waals surface area contributed by atoms with Crippen molar-refractivity contribution in [3.05, 3.63) is 82.8 Å². The van der Waals surface area contributed by atoms with Gasteiger partial charge in [0, 0.05) is 30.5 Å². The number of hydrogen-bond donors (Lipinski definition) is 3. The minimum Gasteiger partial charge on any atom is -0.508 e. The summed E-state index contributed by atoms with van der Waals surface area (Å²) >= 11 is 0. The number of phenols is 1. The van der Waals surface area contributed by atoms with Gasteiger partial charge in [0.2, 0.25) is 6.79 Å². The number of hydrogen-bond acceptors (Lipinski definition) is 10. The fraction of sp³-hybridized carbons (Fsp3) is 0.241. The van der Waals surface area contributed by atoms with Crippen molar-refractivity contribution in [3.63, 3.8) is 0 Å². The number of fused-ring (bicyclic) bond motifs is 1. The molecule has 2 aromatic carbocycles. The molecule has 0 atom stereocenters. The Morgan fingerprint density at radius 2 is 1.71 bits per heavy atom. The van der Waals surface area contributed by atoms with E-state index in [1.807, 2.05) is 13.8 Å². The Kier molecular flexibility index (Phi) is 9.00. The van der Waals surface area contributed by atoms with E-state index in [1.54, 1.807) is 42.8 Å². The molecular formula is C29H30N6O7. The van der Waals surface area contributed by atoms with Crippen LogP contribution in [0, 0.1) is 13.8 Å². The van der Waals surface area contributed by atoms with Gasteiger partial charge in [-0.15, -0.1) is 0 Å². The molecule has 0 spiro atoms. The van der Waals surface area contributed by atoms with E-state index in [-0.39, 0.29) is 29.3 Å². The predicted octanol–water partition coefficient (Wildman–Crippen LogP) is 3.96. The standard InChI is InChI=1S/C29H30N6O7/c1-5-30-26(37)22-14-35-24(18(22)4)25(31-15-32-35)33-23-13-20(8-7-17(23)3)27(38)34(6-2)29(40)42-16-41-28(39)19-9-11-21(36)12-10-19/h7-15,36H,5-6,16H2,1-4H3,(H,30,37)(H,31,32,33). The summed E-state index contributed by atoms with van der Waals surface area (Å²) in [6.07, 6.45) is 1.99. The molecule has 0 saturated heterocycles. The number of aromatic nitrogens is 3. The Balaban J connectivity index is 1.49. The lowest BCUT2D eigenvalue weighted by Crippen LogP contribution is -2.37. The zero-order valence-electron chi connectivity index (χ0n) is 23.5. The normalized spacial score (nSPS) is 10.7. The SMILES string of the molecule is CCNC(=O)c1cn2ncnc(Nc3cc(C(=O)N(CC)C(=O)OCOC(=O)c4ccc(O)cc4)ccc3C)c2c1C. The molecule has 0 aliphatic heterocycles. The molecule has 13 nitrogen and oxygen atoms in total. The highest BCUT2D eigenvalue weighted by Crippen LogP contribution is 2.28. The molecule has 13 heteroatoms. The Hall–Kier alpha value is -5.46. The van der Waals surface area contributed by atoms with Gasteiger partial charge in [0.05, 0.1) is 11.1 Å². The van der Waals surface area contributed by atoms with Gasteiger partial charge in [-0.05, 0) is 75.2 Å². The van der Waals surface area contributed by atoms with Crippen LogP contribution in [-0.4, -0.2) is 68.4 Å². The van der Waals surface area contributed by atoms with Gasteiger partial charge in [0.15, 0.2) is 5.82 Å². The number of carbonyl (C=O) groups excluding carboxylic acids is 4. The van der Waals surface area contributed by atoms with Crippen LogP contribution < -0.4 is 10.6 Å². The number of esters is 1. The Morgan fingerprint density at radius 3 is 2.40 bits per heavy atom. The summed E-state index contributed by atoms with van der Waals surface area (Å²) in [4.78, 5) is 55.8. The molecular weight excluding hydrogens is 544 g/mol. The third-order valence-corrected chi connectivity index (χ3v) is 6.40. The first kappa shape index (κ1) is 29.5. The lowest BCUT2D eigenvalue weighted by molar-refractivity contribution is -0.0102. The topological polar surface area (TPSA) is 164 Å². The lowest BCUT2D eigenvalue weighted by Gasteiger charge is -2.19. The van der Waals surface area contributed by atoms with Crippen LogP contribution >= 0.6 is 0 Å². The smallest absolute Gasteiger partial charge is 0.419 e. The van der Waals surface area contributed by atoms with Crippen molar-refractivity contribution in [2.75, 3.05) is 25.2 Å². The molecule has 3 amide bonds. The summed E-state index contributed by atoms with van der Waals surface area (Å²) < 4.78 is 11.5. The number of aryl methyl sites for hydroxylation is 2. The minimum atomic E-state index is -0.990. The molecule has 42 heavy (non-hydrogen) atoms. The molecule has 0 aliphatic carbocycles. The van der Waals surface area contributed by atoms with Crippen molar-refractivity contribution in [3.8, 4) is 5.75 Å². The van der Waals surface area contributed by atoms with Gasteiger partial charge in [0.25, 0.3) is 11.8 Å². The summed E-state index contributed by atoms with van der Waals surface area (Å²) in [5.74, 6) is -1.20. The van der Waals surface area contributed by atoms with E-state index in [9.17, 15) is 24.3 Å². The summed E-state index contributed by atoms with van der Waals surface area (Å²) in [6.45, 7) is 6.85. The quantitative estimate of drug-likeness (QED) is 0.197. The molecule has 4 rings (SSSR count). The van der Waals surface area contributed by atoms with Crippen LogP contribution in [-0.2, 0) is 9.47 Å². The fourth-order valence-corrected chi connectivity index (χ4v) is 4.16. The molecule has 2 aromatic heterocycles. The van der Waals surface area contributed by atoms with Crippen molar-refractivity contribution < 1.29 is 33.8 Å². The van der Waals surface area contributed by atoms with Crippen molar-refractivity contribution >= 4 is 40.9 Å². The number of ether oxygens (including phenoxy) is 2. The number of phenolic OH excluding ortho intramolecular Hbond substituents is 1. The maximum atomic E-state index is 13.3. The van der Waals surface area contributed by atoms with E-state index in [2.05, 4.69) is 20.7 Å². The van der Waals surface area contributed by atoms with Gasteiger partial charge in [-0.25, -0.2) is 24.0 Å². The van der Waals surface area contributed by atoms with Gasteiger partial charge < -0.3 is 25.2 Å². The van der Waals surface area contributed by atoms with Crippen LogP contribution in [0.3, 0.4) is 0 Å². The van der Waals surface area contributed by atoms with Gasteiger partial charge >= 0.3 is 12.1 Å². The molecule has 0 unspecified atom stereocenters. The van der Waals surface area contributed by atoms with E-state index in [4.69, 9.17) is 9.47 Å². The molecule has 4 aromatic rings. The summed E-state index contributed by atoms with van der Waals surface area (Å²) in [7, 11) is 0. The molecule has 0 radical (unpaired) electrons. The van der Waals surface area contributed by atoms with Crippen LogP contribution in [0.2, 0.25) is 0 Å². The average Bonchev–Trinajstić information content (AvgIpc) is 3.32. The fourth-order valence-electron chi connectivity index (χ4n) is 4.16. The summed E-state index contributed by atoms with van der Waals surface area (Å²) in [5.41, 5.74) is 3.44. The second-order valence-electron chi connectivity index (χ2n) is 9.14. The number of amides is 3. The molecule has 0 aliphatic rings. The predicted molar refractivity (Wildman–Crippen MR) is 152 cm³/mol. The number of imide groups is 1. The summed E-state index contributed by atoms with van der Waals surface area (Å²) in [6, 6.07) is 10.2.